The van der Waals surface area contributed by atoms with E-state index in [1.165, 1.54) is 28.7 Å². The minimum atomic E-state index is -0.329. The quantitative estimate of drug-likeness (QED) is 0.801. The van der Waals surface area contributed by atoms with Crippen molar-refractivity contribution in [1.29, 1.82) is 0 Å². The molecule has 0 saturated carbocycles. The molecule has 1 heteroatoms. The molecule has 2 atom stereocenters. The topological polar surface area (TPSA) is 20.2 Å². The van der Waals surface area contributed by atoms with E-state index in [1.54, 1.807) is 0 Å². The van der Waals surface area contributed by atoms with Crippen LogP contribution in [0.3, 0.4) is 0 Å². The molecule has 0 aromatic heterocycles. The molecular weight excluding hydrogens is 256 g/mol. The van der Waals surface area contributed by atoms with E-state index in [1.807, 2.05) is 6.07 Å². The van der Waals surface area contributed by atoms with Crippen molar-refractivity contribution >= 4 is 0 Å². The summed E-state index contributed by atoms with van der Waals surface area (Å²) in [7, 11) is 0. The Hall–Kier alpha value is -1.60. The molecule has 0 radical (unpaired) electrons. The molecule has 0 bridgehead atoms. The van der Waals surface area contributed by atoms with Crippen molar-refractivity contribution in [3.05, 3.63) is 70.3 Å². The molecule has 0 aliphatic heterocycles. The molecule has 1 aliphatic carbocycles. The molecule has 0 saturated heterocycles. The fourth-order valence-electron chi connectivity index (χ4n) is 3.72. The van der Waals surface area contributed by atoms with Crippen molar-refractivity contribution in [2.75, 3.05) is 0 Å². The van der Waals surface area contributed by atoms with Crippen LogP contribution in [0.4, 0.5) is 0 Å². The first-order valence-electron chi connectivity index (χ1n) is 7.96. The van der Waals surface area contributed by atoms with Gasteiger partial charge in [-0.15, -0.1) is 0 Å². The molecule has 1 nitrogen and oxygen atoms in total. The SMILES string of the molecule is Cc1cc(C)cc(CC2CCCc3ccccc3C2O)c1. The van der Waals surface area contributed by atoms with Gasteiger partial charge in [-0.3, -0.25) is 0 Å². The van der Waals surface area contributed by atoms with Crippen molar-refractivity contribution in [2.45, 2.75) is 45.6 Å². The van der Waals surface area contributed by atoms with Crippen LogP contribution in [0.5, 0.6) is 0 Å². The Morgan fingerprint density at radius 2 is 1.76 bits per heavy atom. The van der Waals surface area contributed by atoms with Crippen molar-refractivity contribution in [2.24, 2.45) is 5.92 Å². The predicted octanol–water partition coefficient (Wildman–Crippen LogP) is 4.53. The summed E-state index contributed by atoms with van der Waals surface area (Å²) in [4.78, 5) is 0. The second-order valence-electron chi connectivity index (χ2n) is 6.50. The molecule has 1 N–H and O–H groups in total. The van der Waals surface area contributed by atoms with E-state index in [4.69, 9.17) is 0 Å². The fraction of sp³-hybridized carbons (Fsp3) is 0.400. The number of hydrogen-bond acceptors (Lipinski definition) is 1. The molecule has 3 rings (SSSR count). The van der Waals surface area contributed by atoms with Gasteiger partial charge in [-0.1, -0.05) is 53.6 Å². The van der Waals surface area contributed by atoms with Crippen molar-refractivity contribution < 1.29 is 5.11 Å². The maximum atomic E-state index is 10.8. The maximum absolute atomic E-state index is 10.8. The normalized spacial score (nSPS) is 21.7. The molecule has 2 aromatic carbocycles. The van der Waals surface area contributed by atoms with Crippen molar-refractivity contribution in [1.82, 2.24) is 0 Å². The Bertz CT molecular complexity index is 609. The number of hydrogen-bond donors (Lipinski definition) is 1. The van der Waals surface area contributed by atoms with Gasteiger partial charge >= 0.3 is 0 Å². The van der Waals surface area contributed by atoms with E-state index < -0.39 is 0 Å². The predicted molar refractivity (Wildman–Crippen MR) is 87.4 cm³/mol. The van der Waals surface area contributed by atoms with E-state index in [9.17, 15) is 5.11 Å². The highest BCUT2D eigenvalue weighted by Crippen LogP contribution is 2.35. The summed E-state index contributed by atoms with van der Waals surface area (Å²) in [6.07, 6.45) is 4.01. The first-order chi connectivity index (χ1) is 10.1. The standard InChI is InChI=1S/C20H24O/c1-14-10-15(2)12-16(11-14)13-18-8-5-7-17-6-3-4-9-19(17)20(18)21/h3-4,6,9-12,18,20-21H,5,7-8,13H2,1-2H3. The van der Waals surface area contributed by atoms with Gasteiger partial charge in [0.15, 0.2) is 0 Å². The highest BCUT2D eigenvalue weighted by atomic mass is 16.3. The van der Waals surface area contributed by atoms with Crippen LogP contribution in [0.15, 0.2) is 42.5 Å². The first kappa shape index (κ1) is 14.3. The minimum Gasteiger partial charge on any atom is -0.388 e. The summed E-state index contributed by atoms with van der Waals surface area (Å²) in [5, 5.41) is 10.8. The van der Waals surface area contributed by atoms with Crippen LogP contribution in [0.25, 0.3) is 0 Å². The molecule has 110 valence electrons. The third-order valence-electron chi connectivity index (χ3n) is 4.62. The van der Waals surface area contributed by atoms with Gasteiger partial charge < -0.3 is 5.11 Å². The lowest BCUT2D eigenvalue weighted by molar-refractivity contribution is 0.105. The number of aliphatic hydroxyl groups is 1. The Kier molecular flexibility index (Phi) is 4.12. The number of rotatable bonds is 2. The van der Waals surface area contributed by atoms with Gasteiger partial charge in [-0.05, 0) is 62.1 Å². The third-order valence-corrected chi connectivity index (χ3v) is 4.62. The Labute approximate surface area is 127 Å². The summed E-state index contributed by atoms with van der Waals surface area (Å²) < 4.78 is 0. The summed E-state index contributed by atoms with van der Waals surface area (Å²) in [5.41, 5.74) is 6.45. The Balaban J connectivity index is 1.85. The van der Waals surface area contributed by atoms with Crippen LogP contribution in [-0.4, -0.2) is 5.11 Å². The fourth-order valence-corrected chi connectivity index (χ4v) is 3.72. The summed E-state index contributed by atoms with van der Waals surface area (Å²) in [6, 6.07) is 15.1. The van der Waals surface area contributed by atoms with E-state index >= 15 is 0 Å². The Morgan fingerprint density at radius 3 is 2.52 bits per heavy atom. The Morgan fingerprint density at radius 1 is 1.05 bits per heavy atom. The molecular formula is C20H24O. The van der Waals surface area contributed by atoms with Gasteiger partial charge in [0.05, 0.1) is 6.10 Å². The number of benzene rings is 2. The summed E-state index contributed by atoms with van der Waals surface area (Å²) in [6.45, 7) is 4.30. The van der Waals surface area contributed by atoms with Crippen LogP contribution in [0.2, 0.25) is 0 Å². The largest absolute Gasteiger partial charge is 0.388 e. The first-order valence-corrected chi connectivity index (χ1v) is 7.96. The minimum absolute atomic E-state index is 0.329. The third kappa shape index (κ3) is 3.19. The average molecular weight is 280 g/mol. The molecule has 2 unspecified atom stereocenters. The van der Waals surface area contributed by atoms with Crippen LogP contribution < -0.4 is 0 Å². The highest BCUT2D eigenvalue weighted by molar-refractivity contribution is 5.32. The highest BCUT2D eigenvalue weighted by Gasteiger charge is 2.25. The summed E-state index contributed by atoms with van der Waals surface area (Å²) in [5.74, 6) is 0.329. The van der Waals surface area contributed by atoms with Gasteiger partial charge in [-0.2, -0.15) is 0 Å². The average Bonchev–Trinajstić information content (AvgIpc) is 2.59. The van der Waals surface area contributed by atoms with Gasteiger partial charge in [0.1, 0.15) is 0 Å². The van der Waals surface area contributed by atoms with Crippen LogP contribution >= 0.6 is 0 Å². The smallest absolute Gasteiger partial charge is 0.0824 e. The lowest BCUT2D eigenvalue weighted by atomic mass is 9.87. The molecule has 0 amide bonds. The van der Waals surface area contributed by atoms with E-state index in [2.05, 4.69) is 50.2 Å². The molecule has 0 spiro atoms. The summed E-state index contributed by atoms with van der Waals surface area (Å²) >= 11 is 0. The van der Waals surface area contributed by atoms with E-state index in [0.29, 0.717) is 5.92 Å². The molecule has 0 heterocycles. The van der Waals surface area contributed by atoms with Crippen molar-refractivity contribution in [3.8, 4) is 0 Å². The molecule has 0 fully saturated rings. The monoisotopic (exact) mass is 280 g/mol. The van der Waals surface area contributed by atoms with Crippen LogP contribution in [-0.2, 0) is 12.8 Å². The van der Waals surface area contributed by atoms with Gasteiger partial charge in [-0.25, -0.2) is 0 Å². The maximum Gasteiger partial charge on any atom is 0.0824 e. The van der Waals surface area contributed by atoms with Gasteiger partial charge in [0.2, 0.25) is 0 Å². The zero-order valence-corrected chi connectivity index (χ0v) is 13.0. The van der Waals surface area contributed by atoms with Gasteiger partial charge in [0, 0.05) is 0 Å². The second kappa shape index (κ2) is 6.03. The number of aliphatic hydroxyl groups excluding tert-OH is 1. The van der Waals surface area contributed by atoms with E-state index in [-0.39, 0.29) is 6.10 Å². The lowest BCUT2D eigenvalue weighted by Gasteiger charge is -2.22. The second-order valence-corrected chi connectivity index (χ2v) is 6.50. The van der Waals surface area contributed by atoms with E-state index in [0.717, 1.165) is 24.8 Å². The van der Waals surface area contributed by atoms with Crippen LogP contribution in [0.1, 0.15) is 46.8 Å². The zero-order valence-electron chi connectivity index (χ0n) is 13.0. The molecule has 1 aliphatic rings. The lowest BCUT2D eigenvalue weighted by Crippen LogP contribution is -2.15. The van der Waals surface area contributed by atoms with Crippen LogP contribution in [0, 0.1) is 19.8 Å². The number of aryl methyl sites for hydroxylation is 3. The zero-order chi connectivity index (χ0) is 14.8. The van der Waals surface area contributed by atoms with Gasteiger partial charge in [0.25, 0.3) is 0 Å². The van der Waals surface area contributed by atoms with Crippen molar-refractivity contribution in [3.63, 3.8) is 0 Å². The molecule has 21 heavy (non-hydrogen) atoms. The molecule has 2 aromatic rings. The number of fused-ring (bicyclic) bond motifs is 1.